The minimum absolute atomic E-state index is 0.00911. The zero-order valence-electron chi connectivity index (χ0n) is 15.1. The topological polar surface area (TPSA) is 90.2 Å². The second-order valence-electron chi connectivity index (χ2n) is 7.65. The highest BCUT2D eigenvalue weighted by Crippen LogP contribution is 2.40. The number of aromatic amines is 2. The molecule has 3 heterocycles. The molecule has 0 saturated carbocycles. The van der Waals surface area contributed by atoms with Gasteiger partial charge in [-0.1, -0.05) is 0 Å². The molecule has 4 rings (SSSR count). The van der Waals surface area contributed by atoms with Gasteiger partial charge in [0.25, 0.3) is 0 Å². The third-order valence-corrected chi connectivity index (χ3v) is 6.12. The summed E-state index contributed by atoms with van der Waals surface area (Å²) in [7, 11) is 0. The molecule has 1 unspecified atom stereocenters. The number of ether oxygens (including phenoxy) is 1. The normalized spacial score (nSPS) is 21.7. The van der Waals surface area contributed by atoms with Crippen LogP contribution in [0.15, 0.2) is 23.0 Å². The van der Waals surface area contributed by atoms with Crippen molar-refractivity contribution >= 4 is 22.6 Å². The highest BCUT2D eigenvalue weighted by molar-refractivity contribution is 5.96. The lowest BCUT2D eigenvalue weighted by Crippen LogP contribution is -2.49. The van der Waals surface area contributed by atoms with Gasteiger partial charge >= 0.3 is 5.69 Å². The van der Waals surface area contributed by atoms with E-state index < -0.39 is 0 Å². The molecular weight excluding hydrogens is 332 g/mol. The molecule has 1 aromatic carbocycles. The Morgan fingerprint density at radius 2 is 1.85 bits per heavy atom. The van der Waals surface area contributed by atoms with Gasteiger partial charge in [0.1, 0.15) is 0 Å². The van der Waals surface area contributed by atoms with Crippen LogP contribution in [0.3, 0.4) is 0 Å². The van der Waals surface area contributed by atoms with Gasteiger partial charge in [-0.3, -0.25) is 9.69 Å². The van der Waals surface area contributed by atoms with Crippen molar-refractivity contribution in [1.82, 2.24) is 14.9 Å². The number of nitrogens with zero attached hydrogens (tertiary/aromatic N) is 1. The Morgan fingerprint density at radius 3 is 2.58 bits per heavy atom. The van der Waals surface area contributed by atoms with E-state index >= 15 is 0 Å². The Balaban J connectivity index is 1.37. The zero-order valence-corrected chi connectivity index (χ0v) is 15.1. The number of likely N-dealkylation sites (tertiary alicyclic amines) is 1. The van der Waals surface area contributed by atoms with Crippen molar-refractivity contribution in [3.8, 4) is 0 Å². The lowest BCUT2D eigenvalue weighted by Gasteiger charge is -2.45. The highest BCUT2D eigenvalue weighted by Gasteiger charge is 2.37. The molecule has 2 fully saturated rings. The molecule has 140 valence electrons. The smallest absolute Gasteiger partial charge is 0.323 e. The molecule has 3 N–H and O–H groups in total. The number of fused-ring (bicyclic) bond motifs is 1. The van der Waals surface area contributed by atoms with Gasteiger partial charge in [0.05, 0.1) is 17.1 Å². The molecule has 7 nitrogen and oxygen atoms in total. The maximum atomic E-state index is 12.7. The number of carbonyl (C=O) groups is 1. The molecule has 0 radical (unpaired) electrons. The molecule has 1 amide bonds. The lowest BCUT2D eigenvalue weighted by molar-refractivity contribution is -0.122. The van der Waals surface area contributed by atoms with Crippen LogP contribution in [0, 0.1) is 5.41 Å². The molecule has 26 heavy (non-hydrogen) atoms. The fraction of sp³-hybridized carbons (Fsp3) is 0.579. The number of aromatic nitrogens is 2. The molecule has 7 heteroatoms. The Bertz CT molecular complexity index is 840. The third kappa shape index (κ3) is 3.41. The van der Waals surface area contributed by atoms with Crippen LogP contribution in [0.1, 0.15) is 32.6 Å². The van der Waals surface area contributed by atoms with Crippen LogP contribution >= 0.6 is 0 Å². The molecule has 0 bridgehead atoms. The maximum absolute atomic E-state index is 12.7. The van der Waals surface area contributed by atoms with Crippen LogP contribution < -0.4 is 11.0 Å². The van der Waals surface area contributed by atoms with E-state index in [0.717, 1.165) is 57.5 Å². The zero-order chi connectivity index (χ0) is 18.1. The molecule has 2 aliphatic rings. The van der Waals surface area contributed by atoms with E-state index in [4.69, 9.17) is 4.74 Å². The average molecular weight is 358 g/mol. The fourth-order valence-corrected chi connectivity index (χ4v) is 4.21. The molecular formula is C19H26N4O3. The molecule has 2 saturated heterocycles. The number of imidazole rings is 1. The van der Waals surface area contributed by atoms with Gasteiger partial charge < -0.3 is 20.0 Å². The van der Waals surface area contributed by atoms with Gasteiger partial charge in [-0.05, 0) is 69.3 Å². The van der Waals surface area contributed by atoms with Crippen molar-refractivity contribution in [2.24, 2.45) is 5.41 Å². The van der Waals surface area contributed by atoms with Crippen molar-refractivity contribution in [2.75, 3.05) is 31.6 Å². The number of nitrogens with one attached hydrogen (secondary N) is 3. The first kappa shape index (κ1) is 17.3. The average Bonchev–Trinajstić information content (AvgIpc) is 3.02. The maximum Gasteiger partial charge on any atom is 0.323 e. The van der Waals surface area contributed by atoms with Gasteiger partial charge in [-0.15, -0.1) is 0 Å². The van der Waals surface area contributed by atoms with E-state index in [1.807, 2.05) is 13.0 Å². The van der Waals surface area contributed by atoms with Crippen molar-refractivity contribution in [3.05, 3.63) is 28.7 Å². The van der Waals surface area contributed by atoms with Crippen molar-refractivity contribution < 1.29 is 9.53 Å². The standard InChI is InChI=1S/C19H26N4O3/c1-13(23-8-4-19(5-9-23)6-10-26-11-7-19)17(24)20-14-2-3-15-16(12-14)22-18(25)21-15/h2-3,12-13H,4-11H2,1H3,(H,20,24)(H2,21,22,25). The second kappa shape index (κ2) is 6.89. The SMILES string of the molecule is CC(C(=O)Nc1ccc2[nH]c(=O)[nH]c2c1)N1CCC2(CCOCC2)CC1. The number of H-pyrrole nitrogens is 2. The van der Waals surface area contributed by atoms with E-state index in [9.17, 15) is 9.59 Å². The number of piperidine rings is 1. The van der Waals surface area contributed by atoms with Crippen molar-refractivity contribution in [2.45, 2.75) is 38.6 Å². The van der Waals surface area contributed by atoms with Gasteiger partial charge in [-0.2, -0.15) is 0 Å². The highest BCUT2D eigenvalue weighted by atomic mass is 16.5. The summed E-state index contributed by atoms with van der Waals surface area (Å²) >= 11 is 0. The summed E-state index contributed by atoms with van der Waals surface area (Å²) in [6.07, 6.45) is 4.58. The van der Waals surface area contributed by atoms with Gasteiger partial charge in [0, 0.05) is 18.9 Å². The number of anilines is 1. The summed E-state index contributed by atoms with van der Waals surface area (Å²) in [5.74, 6) is -0.00911. The first-order chi connectivity index (χ1) is 12.5. The van der Waals surface area contributed by atoms with Crippen molar-refractivity contribution in [1.29, 1.82) is 0 Å². The number of hydrogen-bond acceptors (Lipinski definition) is 4. The van der Waals surface area contributed by atoms with Crippen LogP contribution in [0.25, 0.3) is 11.0 Å². The Hall–Kier alpha value is -2.12. The van der Waals surface area contributed by atoms with E-state index in [-0.39, 0.29) is 17.6 Å². The Kier molecular flexibility index (Phi) is 4.58. The van der Waals surface area contributed by atoms with E-state index in [1.165, 1.54) is 0 Å². The van der Waals surface area contributed by atoms with Crippen LogP contribution in [0.2, 0.25) is 0 Å². The summed E-state index contributed by atoms with van der Waals surface area (Å²) in [5.41, 5.74) is 2.31. The molecule has 1 aromatic heterocycles. The molecule has 1 spiro atoms. The van der Waals surface area contributed by atoms with Crippen LogP contribution in [0.4, 0.5) is 5.69 Å². The number of hydrogen-bond donors (Lipinski definition) is 3. The lowest BCUT2D eigenvalue weighted by atomic mass is 9.72. The monoisotopic (exact) mass is 358 g/mol. The van der Waals surface area contributed by atoms with Crippen LogP contribution in [0.5, 0.6) is 0 Å². The predicted octanol–water partition coefficient (Wildman–Crippen LogP) is 2.08. The second-order valence-corrected chi connectivity index (χ2v) is 7.65. The Morgan fingerprint density at radius 1 is 1.15 bits per heavy atom. The fourth-order valence-electron chi connectivity index (χ4n) is 4.21. The van der Waals surface area contributed by atoms with Crippen LogP contribution in [-0.4, -0.2) is 53.1 Å². The van der Waals surface area contributed by atoms with E-state index in [1.54, 1.807) is 12.1 Å². The predicted molar refractivity (Wildman–Crippen MR) is 100 cm³/mol. The summed E-state index contributed by atoms with van der Waals surface area (Å²) in [5, 5.41) is 2.97. The molecule has 2 aromatic rings. The van der Waals surface area contributed by atoms with E-state index in [0.29, 0.717) is 16.6 Å². The van der Waals surface area contributed by atoms with Crippen molar-refractivity contribution in [3.63, 3.8) is 0 Å². The quantitative estimate of drug-likeness (QED) is 0.783. The number of benzene rings is 1. The van der Waals surface area contributed by atoms with Gasteiger partial charge in [0.15, 0.2) is 0 Å². The third-order valence-electron chi connectivity index (χ3n) is 6.12. The first-order valence-electron chi connectivity index (χ1n) is 9.39. The molecule has 1 atom stereocenters. The molecule has 0 aliphatic carbocycles. The summed E-state index contributed by atoms with van der Waals surface area (Å²) in [6.45, 7) is 5.63. The van der Waals surface area contributed by atoms with Gasteiger partial charge in [0.2, 0.25) is 5.91 Å². The van der Waals surface area contributed by atoms with E-state index in [2.05, 4.69) is 20.2 Å². The minimum atomic E-state index is -0.243. The van der Waals surface area contributed by atoms with Gasteiger partial charge in [-0.25, -0.2) is 4.79 Å². The summed E-state index contributed by atoms with van der Waals surface area (Å²) < 4.78 is 5.51. The Labute approximate surface area is 152 Å². The first-order valence-corrected chi connectivity index (χ1v) is 9.39. The summed E-state index contributed by atoms with van der Waals surface area (Å²) in [4.78, 5) is 31.7. The minimum Gasteiger partial charge on any atom is -0.381 e. The number of amides is 1. The number of carbonyl (C=O) groups excluding carboxylic acids is 1. The largest absolute Gasteiger partial charge is 0.381 e. The summed E-state index contributed by atoms with van der Waals surface area (Å²) in [6, 6.07) is 5.21. The van der Waals surface area contributed by atoms with Crippen LogP contribution in [-0.2, 0) is 9.53 Å². The number of rotatable bonds is 3. The molecule has 2 aliphatic heterocycles.